The molecule has 118 valence electrons. The average Bonchev–Trinajstić information content (AvgIpc) is 2.94. The number of nitrogens with zero attached hydrogens (tertiary/aromatic N) is 1. The number of carbonyl (C=O) groups excluding carboxylic acids is 1. The molecule has 1 unspecified atom stereocenters. The van der Waals surface area contributed by atoms with Crippen LogP contribution in [0.4, 0.5) is 0 Å². The number of benzene rings is 1. The van der Waals surface area contributed by atoms with Crippen LogP contribution in [0.5, 0.6) is 0 Å². The molecule has 0 aliphatic carbocycles. The second kappa shape index (κ2) is 8.34. The summed E-state index contributed by atoms with van der Waals surface area (Å²) in [4.78, 5) is 19.2. The van der Waals surface area contributed by atoms with E-state index in [0.717, 1.165) is 17.1 Å². The minimum Gasteiger partial charge on any atom is -0.377 e. The summed E-state index contributed by atoms with van der Waals surface area (Å²) in [5.74, 6) is 0.802. The molecular weight excluding hydrogens is 278 g/mol. The number of carbonyl (C=O) groups is 1. The highest BCUT2D eigenvalue weighted by Crippen LogP contribution is 2.08. The standard InChI is InChI=1S/C17H23N3O2/c1-13-11-18-17(19-13)14(2)20-16(21)9-6-10-22-12-15-7-4-3-5-8-15/h3-5,7-8,11,14H,6,9-10,12H2,1-2H3,(H,18,19)(H,20,21). The average molecular weight is 301 g/mol. The third kappa shape index (κ3) is 5.33. The first-order valence-electron chi connectivity index (χ1n) is 7.57. The molecule has 0 spiro atoms. The maximum atomic E-state index is 11.9. The predicted octanol–water partition coefficient (Wildman–Crippen LogP) is 2.89. The Labute approximate surface area is 131 Å². The van der Waals surface area contributed by atoms with Crippen LogP contribution in [0.1, 0.15) is 42.9 Å². The minimum absolute atomic E-state index is 0.0184. The van der Waals surface area contributed by atoms with Gasteiger partial charge in [-0.1, -0.05) is 30.3 Å². The zero-order chi connectivity index (χ0) is 15.8. The molecule has 2 aromatic rings. The number of aromatic amines is 1. The topological polar surface area (TPSA) is 67.0 Å². The van der Waals surface area contributed by atoms with Crippen LogP contribution in [0.25, 0.3) is 0 Å². The number of H-pyrrole nitrogens is 1. The highest BCUT2D eigenvalue weighted by molar-refractivity contribution is 5.76. The molecule has 1 atom stereocenters. The highest BCUT2D eigenvalue weighted by atomic mass is 16.5. The van der Waals surface area contributed by atoms with Crippen molar-refractivity contribution in [3.05, 3.63) is 53.6 Å². The van der Waals surface area contributed by atoms with E-state index in [9.17, 15) is 4.79 Å². The Morgan fingerprint density at radius 3 is 2.82 bits per heavy atom. The molecule has 22 heavy (non-hydrogen) atoms. The fourth-order valence-electron chi connectivity index (χ4n) is 2.13. The number of imidazole rings is 1. The van der Waals surface area contributed by atoms with Gasteiger partial charge in [0.15, 0.2) is 0 Å². The summed E-state index contributed by atoms with van der Waals surface area (Å²) in [6, 6.07) is 9.91. The zero-order valence-corrected chi connectivity index (χ0v) is 13.1. The van der Waals surface area contributed by atoms with Crippen molar-refractivity contribution in [1.29, 1.82) is 0 Å². The largest absolute Gasteiger partial charge is 0.377 e. The number of rotatable bonds is 8. The Hall–Kier alpha value is -2.14. The Bertz CT molecular complexity index is 581. The molecule has 0 radical (unpaired) electrons. The monoisotopic (exact) mass is 301 g/mol. The van der Waals surface area contributed by atoms with Crippen LogP contribution in [-0.2, 0) is 16.1 Å². The van der Waals surface area contributed by atoms with Gasteiger partial charge in [-0.2, -0.15) is 0 Å². The molecule has 0 saturated heterocycles. The summed E-state index contributed by atoms with van der Waals surface area (Å²) in [5, 5.41) is 2.93. The third-order valence-corrected chi connectivity index (χ3v) is 3.31. The van der Waals surface area contributed by atoms with Gasteiger partial charge in [-0.25, -0.2) is 4.98 Å². The van der Waals surface area contributed by atoms with Gasteiger partial charge in [-0.05, 0) is 25.8 Å². The number of aromatic nitrogens is 2. The lowest BCUT2D eigenvalue weighted by molar-refractivity contribution is -0.122. The fraction of sp³-hybridized carbons (Fsp3) is 0.412. The van der Waals surface area contributed by atoms with Gasteiger partial charge >= 0.3 is 0 Å². The van der Waals surface area contributed by atoms with Gasteiger partial charge in [0.25, 0.3) is 0 Å². The van der Waals surface area contributed by atoms with E-state index in [2.05, 4.69) is 15.3 Å². The molecule has 2 rings (SSSR count). The van der Waals surface area contributed by atoms with E-state index in [0.29, 0.717) is 26.1 Å². The van der Waals surface area contributed by atoms with Crippen LogP contribution in [0.2, 0.25) is 0 Å². The van der Waals surface area contributed by atoms with E-state index in [1.54, 1.807) is 6.20 Å². The number of amides is 1. The Kier molecular flexibility index (Phi) is 6.15. The Balaban J connectivity index is 1.59. The lowest BCUT2D eigenvalue weighted by Gasteiger charge is -2.11. The normalized spacial score (nSPS) is 12.1. The summed E-state index contributed by atoms with van der Waals surface area (Å²) >= 11 is 0. The lowest BCUT2D eigenvalue weighted by atomic mass is 10.2. The molecule has 1 aromatic carbocycles. The van der Waals surface area contributed by atoms with Gasteiger partial charge in [0.05, 0.1) is 12.6 Å². The molecule has 0 aliphatic rings. The number of hydrogen-bond donors (Lipinski definition) is 2. The molecule has 5 heteroatoms. The van der Waals surface area contributed by atoms with Crippen LogP contribution in [-0.4, -0.2) is 22.5 Å². The quantitative estimate of drug-likeness (QED) is 0.737. The van der Waals surface area contributed by atoms with E-state index >= 15 is 0 Å². The summed E-state index contributed by atoms with van der Waals surface area (Å²) in [6.07, 6.45) is 2.93. The van der Waals surface area contributed by atoms with E-state index in [-0.39, 0.29) is 11.9 Å². The van der Waals surface area contributed by atoms with Gasteiger partial charge in [0.2, 0.25) is 5.91 Å². The number of nitrogens with one attached hydrogen (secondary N) is 2. The van der Waals surface area contributed by atoms with Crippen molar-refractivity contribution in [2.45, 2.75) is 39.3 Å². The van der Waals surface area contributed by atoms with Crippen molar-refractivity contribution in [3.8, 4) is 0 Å². The number of ether oxygens (including phenoxy) is 1. The van der Waals surface area contributed by atoms with Crippen molar-refractivity contribution in [1.82, 2.24) is 15.3 Å². The number of hydrogen-bond acceptors (Lipinski definition) is 3. The molecular formula is C17H23N3O2. The van der Waals surface area contributed by atoms with Crippen molar-refractivity contribution < 1.29 is 9.53 Å². The van der Waals surface area contributed by atoms with Gasteiger partial charge < -0.3 is 15.0 Å². The predicted molar refractivity (Wildman–Crippen MR) is 85.2 cm³/mol. The van der Waals surface area contributed by atoms with E-state index < -0.39 is 0 Å². The second-order valence-corrected chi connectivity index (χ2v) is 5.38. The summed E-state index contributed by atoms with van der Waals surface area (Å²) in [6.45, 7) is 5.03. The third-order valence-electron chi connectivity index (χ3n) is 3.31. The minimum atomic E-state index is -0.105. The SMILES string of the molecule is Cc1cnc(C(C)NC(=O)CCCOCc2ccccc2)[nH]1. The van der Waals surface area contributed by atoms with Crippen molar-refractivity contribution >= 4 is 5.91 Å². The van der Waals surface area contributed by atoms with Crippen LogP contribution < -0.4 is 5.32 Å². The molecule has 0 bridgehead atoms. The molecule has 5 nitrogen and oxygen atoms in total. The maximum absolute atomic E-state index is 11.9. The first-order valence-corrected chi connectivity index (χ1v) is 7.57. The fourth-order valence-corrected chi connectivity index (χ4v) is 2.13. The molecule has 1 aromatic heterocycles. The lowest BCUT2D eigenvalue weighted by Crippen LogP contribution is -2.27. The molecule has 0 aliphatic heterocycles. The molecule has 2 N–H and O–H groups in total. The van der Waals surface area contributed by atoms with Crippen LogP contribution in [0.15, 0.2) is 36.5 Å². The van der Waals surface area contributed by atoms with Gasteiger partial charge in [-0.3, -0.25) is 4.79 Å². The van der Waals surface area contributed by atoms with E-state index in [1.165, 1.54) is 0 Å². The van der Waals surface area contributed by atoms with E-state index in [4.69, 9.17) is 4.74 Å². The Morgan fingerprint density at radius 1 is 1.36 bits per heavy atom. The first-order chi connectivity index (χ1) is 10.6. The zero-order valence-electron chi connectivity index (χ0n) is 13.1. The molecule has 0 fully saturated rings. The molecule has 1 amide bonds. The smallest absolute Gasteiger partial charge is 0.220 e. The summed E-state index contributed by atoms with van der Waals surface area (Å²) < 4.78 is 5.56. The van der Waals surface area contributed by atoms with E-state index in [1.807, 2.05) is 44.2 Å². The van der Waals surface area contributed by atoms with Crippen LogP contribution in [0, 0.1) is 6.92 Å². The van der Waals surface area contributed by atoms with Crippen LogP contribution in [0.3, 0.4) is 0 Å². The van der Waals surface area contributed by atoms with Gasteiger partial charge in [0.1, 0.15) is 5.82 Å². The van der Waals surface area contributed by atoms with Gasteiger partial charge in [0, 0.05) is 24.9 Å². The van der Waals surface area contributed by atoms with Crippen molar-refractivity contribution in [3.63, 3.8) is 0 Å². The maximum Gasteiger partial charge on any atom is 0.220 e. The molecule has 1 heterocycles. The first kappa shape index (κ1) is 16.2. The van der Waals surface area contributed by atoms with Gasteiger partial charge in [-0.15, -0.1) is 0 Å². The van der Waals surface area contributed by atoms with Crippen LogP contribution >= 0.6 is 0 Å². The van der Waals surface area contributed by atoms with Crippen molar-refractivity contribution in [2.75, 3.05) is 6.61 Å². The highest BCUT2D eigenvalue weighted by Gasteiger charge is 2.11. The summed E-state index contributed by atoms with van der Waals surface area (Å²) in [5.41, 5.74) is 2.14. The summed E-state index contributed by atoms with van der Waals surface area (Å²) in [7, 11) is 0. The van der Waals surface area contributed by atoms with Crippen molar-refractivity contribution in [2.24, 2.45) is 0 Å². The Morgan fingerprint density at radius 2 is 2.14 bits per heavy atom. The number of aryl methyl sites for hydroxylation is 1. The second-order valence-electron chi connectivity index (χ2n) is 5.38. The molecule has 0 saturated carbocycles.